The number of hydrogen-bond acceptors (Lipinski definition) is 4. The normalized spacial score (nSPS) is 10.7. The summed E-state index contributed by atoms with van der Waals surface area (Å²) in [6, 6.07) is 9.36. The molecule has 0 aliphatic carbocycles. The highest BCUT2D eigenvalue weighted by atomic mass is 79.9. The van der Waals surface area contributed by atoms with E-state index in [2.05, 4.69) is 30.9 Å². The van der Waals surface area contributed by atoms with Crippen molar-refractivity contribution in [1.82, 2.24) is 15.0 Å². The van der Waals surface area contributed by atoms with Crippen LogP contribution in [0.25, 0.3) is 11.0 Å². The topological polar surface area (TPSA) is 55.7 Å². The van der Waals surface area contributed by atoms with Crippen LogP contribution in [0, 0.1) is 0 Å². The van der Waals surface area contributed by atoms with Crippen LogP contribution >= 0.6 is 15.9 Å². The minimum absolute atomic E-state index is 0.0665. The van der Waals surface area contributed by atoms with Crippen LogP contribution in [0.3, 0.4) is 0 Å². The van der Waals surface area contributed by atoms with Gasteiger partial charge in [-0.3, -0.25) is 14.8 Å². The van der Waals surface area contributed by atoms with E-state index >= 15 is 0 Å². The fraction of sp³-hybridized carbons (Fsp3) is 0.0667. The van der Waals surface area contributed by atoms with Gasteiger partial charge in [0.1, 0.15) is 5.69 Å². The predicted molar refractivity (Wildman–Crippen MR) is 79.5 cm³/mol. The maximum absolute atomic E-state index is 12.2. The Morgan fingerprint density at radius 2 is 1.90 bits per heavy atom. The van der Waals surface area contributed by atoms with Crippen LogP contribution in [0.4, 0.5) is 0 Å². The number of nitrogens with zero attached hydrogens (tertiary/aromatic N) is 3. The Labute approximate surface area is 124 Å². The molecule has 0 amide bonds. The summed E-state index contributed by atoms with van der Waals surface area (Å²) in [4.78, 5) is 24.9. The van der Waals surface area contributed by atoms with Crippen molar-refractivity contribution in [3.05, 3.63) is 64.7 Å². The van der Waals surface area contributed by atoms with Crippen LogP contribution in [0.5, 0.6) is 0 Å². The van der Waals surface area contributed by atoms with E-state index in [4.69, 9.17) is 0 Å². The largest absolute Gasteiger partial charge is 0.292 e. The van der Waals surface area contributed by atoms with Crippen molar-refractivity contribution < 1.29 is 4.79 Å². The molecule has 0 saturated heterocycles. The zero-order valence-corrected chi connectivity index (χ0v) is 12.0. The van der Waals surface area contributed by atoms with E-state index in [9.17, 15) is 4.79 Å². The van der Waals surface area contributed by atoms with Gasteiger partial charge in [-0.05, 0) is 39.7 Å². The summed E-state index contributed by atoms with van der Waals surface area (Å²) in [5.74, 6) is -0.0665. The first-order valence-corrected chi connectivity index (χ1v) is 6.86. The Morgan fingerprint density at radius 1 is 1.10 bits per heavy atom. The first-order chi connectivity index (χ1) is 9.72. The standard InChI is InChI=1S/C15H10BrN3O/c16-11-5-10(7-17-8-11)6-15(20)14-9-18-12-3-1-2-4-13(12)19-14/h1-5,7-9H,6H2. The molecule has 98 valence electrons. The highest BCUT2D eigenvalue weighted by Gasteiger charge is 2.10. The van der Waals surface area contributed by atoms with Crippen molar-refractivity contribution in [1.29, 1.82) is 0 Å². The summed E-state index contributed by atoms with van der Waals surface area (Å²) in [5, 5.41) is 0. The zero-order chi connectivity index (χ0) is 13.9. The number of rotatable bonds is 3. The molecule has 2 aromatic heterocycles. The smallest absolute Gasteiger partial charge is 0.187 e. The first kappa shape index (κ1) is 12.9. The summed E-state index contributed by atoms with van der Waals surface area (Å²) in [5.41, 5.74) is 2.74. The molecule has 20 heavy (non-hydrogen) atoms. The van der Waals surface area contributed by atoms with Gasteiger partial charge in [0, 0.05) is 23.3 Å². The second kappa shape index (κ2) is 5.46. The van der Waals surface area contributed by atoms with Gasteiger partial charge in [-0.25, -0.2) is 4.98 Å². The summed E-state index contributed by atoms with van der Waals surface area (Å²) in [7, 11) is 0. The molecule has 3 rings (SSSR count). The number of carbonyl (C=O) groups excluding carboxylic acids is 1. The first-order valence-electron chi connectivity index (χ1n) is 6.07. The molecular weight excluding hydrogens is 318 g/mol. The minimum atomic E-state index is -0.0665. The second-order valence-electron chi connectivity index (χ2n) is 4.36. The van der Waals surface area contributed by atoms with Gasteiger partial charge in [-0.2, -0.15) is 0 Å². The SMILES string of the molecule is O=C(Cc1cncc(Br)c1)c1cnc2ccccc2n1. The summed E-state index contributed by atoms with van der Waals surface area (Å²) in [6.07, 6.45) is 5.15. The zero-order valence-electron chi connectivity index (χ0n) is 10.5. The molecule has 0 spiro atoms. The average molecular weight is 328 g/mol. The van der Waals surface area contributed by atoms with Gasteiger partial charge < -0.3 is 0 Å². The highest BCUT2D eigenvalue weighted by molar-refractivity contribution is 9.10. The van der Waals surface area contributed by atoms with Crippen molar-refractivity contribution in [2.75, 3.05) is 0 Å². The second-order valence-corrected chi connectivity index (χ2v) is 5.27. The fourth-order valence-electron chi connectivity index (χ4n) is 1.92. The van der Waals surface area contributed by atoms with Gasteiger partial charge in [-0.1, -0.05) is 12.1 Å². The Morgan fingerprint density at radius 3 is 2.70 bits per heavy atom. The average Bonchev–Trinajstić information content (AvgIpc) is 2.47. The van der Waals surface area contributed by atoms with Gasteiger partial charge in [0.2, 0.25) is 0 Å². The molecule has 1 aromatic carbocycles. The minimum Gasteiger partial charge on any atom is -0.292 e. The molecule has 0 N–H and O–H groups in total. The van der Waals surface area contributed by atoms with Gasteiger partial charge in [0.05, 0.1) is 17.2 Å². The number of Topliss-reactive ketones (excluding diaryl/α,β-unsaturated/α-hetero) is 1. The number of pyridine rings is 1. The Bertz CT molecular complexity index is 789. The molecule has 4 nitrogen and oxygen atoms in total. The van der Waals surface area contributed by atoms with Crippen molar-refractivity contribution >= 4 is 32.7 Å². The third-order valence-electron chi connectivity index (χ3n) is 2.86. The molecule has 0 saturated carbocycles. The molecule has 0 aliphatic rings. The molecule has 0 aliphatic heterocycles. The molecule has 0 fully saturated rings. The molecule has 0 unspecified atom stereocenters. The maximum atomic E-state index is 12.2. The van der Waals surface area contributed by atoms with Gasteiger partial charge in [0.15, 0.2) is 5.78 Å². The van der Waals surface area contributed by atoms with Crippen LogP contribution < -0.4 is 0 Å². The van der Waals surface area contributed by atoms with E-state index in [0.29, 0.717) is 5.69 Å². The highest BCUT2D eigenvalue weighted by Crippen LogP contribution is 2.13. The maximum Gasteiger partial charge on any atom is 0.187 e. The molecule has 3 aromatic rings. The summed E-state index contributed by atoms with van der Waals surface area (Å²) < 4.78 is 0.854. The molecule has 2 heterocycles. The van der Waals surface area contributed by atoms with E-state index in [0.717, 1.165) is 21.1 Å². The number of benzene rings is 1. The Kier molecular flexibility index (Phi) is 3.52. The van der Waals surface area contributed by atoms with E-state index in [-0.39, 0.29) is 12.2 Å². The van der Waals surface area contributed by atoms with Gasteiger partial charge in [-0.15, -0.1) is 0 Å². The number of para-hydroxylation sites is 2. The number of hydrogen-bond donors (Lipinski definition) is 0. The number of aromatic nitrogens is 3. The molecule has 5 heteroatoms. The Balaban J connectivity index is 1.88. The molecular formula is C15H10BrN3O. The Hall–Kier alpha value is -2.14. The lowest BCUT2D eigenvalue weighted by molar-refractivity contribution is 0.0988. The van der Waals surface area contributed by atoms with Crippen molar-refractivity contribution in [3.8, 4) is 0 Å². The van der Waals surface area contributed by atoms with Crippen molar-refractivity contribution in [2.24, 2.45) is 0 Å². The van der Waals surface area contributed by atoms with Crippen LogP contribution in [0.15, 0.2) is 53.4 Å². The lowest BCUT2D eigenvalue weighted by Crippen LogP contribution is -2.07. The quantitative estimate of drug-likeness (QED) is 0.693. The summed E-state index contributed by atoms with van der Waals surface area (Å²) in [6.45, 7) is 0. The monoisotopic (exact) mass is 327 g/mol. The number of ketones is 1. The van der Waals surface area contributed by atoms with Gasteiger partial charge in [0.25, 0.3) is 0 Å². The van der Waals surface area contributed by atoms with Crippen LogP contribution in [0.1, 0.15) is 16.1 Å². The van der Waals surface area contributed by atoms with E-state index in [1.165, 1.54) is 6.20 Å². The van der Waals surface area contributed by atoms with Crippen molar-refractivity contribution in [2.45, 2.75) is 6.42 Å². The van der Waals surface area contributed by atoms with Crippen molar-refractivity contribution in [3.63, 3.8) is 0 Å². The van der Waals surface area contributed by atoms with E-state index in [1.54, 1.807) is 12.4 Å². The lowest BCUT2D eigenvalue weighted by atomic mass is 10.1. The van der Waals surface area contributed by atoms with E-state index < -0.39 is 0 Å². The van der Waals surface area contributed by atoms with Gasteiger partial charge >= 0.3 is 0 Å². The van der Waals surface area contributed by atoms with Crippen LogP contribution in [-0.2, 0) is 6.42 Å². The van der Waals surface area contributed by atoms with Crippen LogP contribution in [0.2, 0.25) is 0 Å². The molecule has 0 atom stereocenters. The van der Waals surface area contributed by atoms with E-state index in [1.807, 2.05) is 30.3 Å². The third kappa shape index (κ3) is 2.72. The number of carbonyl (C=O) groups is 1. The third-order valence-corrected chi connectivity index (χ3v) is 3.29. The summed E-state index contributed by atoms with van der Waals surface area (Å²) >= 11 is 3.34. The van der Waals surface area contributed by atoms with Crippen LogP contribution in [-0.4, -0.2) is 20.7 Å². The molecule has 0 radical (unpaired) electrons. The molecule has 0 bridgehead atoms. The number of halogens is 1. The predicted octanol–water partition coefficient (Wildman–Crippen LogP) is 3.21. The fourth-order valence-corrected chi connectivity index (χ4v) is 2.33. The lowest BCUT2D eigenvalue weighted by Gasteiger charge is -2.02. The number of fused-ring (bicyclic) bond motifs is 1.